The molecule has 3 nitrogen and oxygen atoms in total. The largest absolute Gasteiger partial charge is 0.347 e. The summed E-state index contributed by atoms with van der Waals surface area (Å²) in [7, 11) is 4.29. The Kier molecular flexibility index (Phi) is 23.6. The van der Waals surface area contributed by atoms with Crippen LogP contribution in [0.25, 0.3) is 0 Å². The van der Waals surface area contributed by atoms with Crippen molar-refractivity contribution < 1.29 is 9.47 Å². The Labute approximate surface area is 239 Å². The lowest BCUT2D eigenvalue weighted by atomic mass is 9.98. The zero-order valence-electron chi connectivity index (χ0n) is 26.3. The molecule has 0 radical (unpaired) electrons. The fraction of sp³-hybridized carbons (Fsp3) is 0.886. The van der Waals surface area contributed by atoms with Crippen molar-refractivity contribution in [1.29, 1.82) is 0 Å². The lowest BCUT2D eigenvalue weighted by molar-refractivity contribution is -0.180. The first kappa shape index (κ1) is 35.4. The summed E-state index contributed by atoms with van der Waals surface area (Å²) in [6.45, 7) is 6.42. The van der Waals surface area contributed by atoms with Crippen LogP contribution in [0.2, 0.25) is 0 Å². The third-order valence-electron chi connectivity index (χ3n) is 7.98. The second-order valence-corrected chi connectivity index (χ2v) is 12.1. The SMILES string of the molecule is CCCCCC=CCC=CCCCCCCCCC1(CCCCCCCCCC)OCC(CCN(C)C)O1. The summed E-state index contributed by atoms with van der Waals surface area (Å²) in [5, 5.41) is 0. The highest BCUT2D eigenvalue weighted by Crippen LogP contribution is 2.35. The second kappa shape index (κ2) is 25.3. The molecular formula is C35H67NO2. The lowest BCUT2D eigenvalue weighted by Gasteiger charge is -2.29. The summed E-state index contributed by atoms with van der Waals surface area (Å²) in [5.41, 5.74) is 0. The Hall–Kier alpha value is -0.640. The quantitative estimate of drug-likeness (QED) is 0.0774. The summed E-state index contributed by atoms with van der Waals surface area (Å²) in [4.78, 5) is 2.25. The average Bonchev–Trinajstić information content (AvgIpc) is 3.32. The average molecular weight is 534 g/mol. The van der Waals surface area contributed by atoms with Gasteiger partial charge in [0.2, 0.25) is 0 Å². The first-order valence-electron chi connectivity index (χ1n) is 16.9. The fourth-order valence-corrected chi connectivity index (χ4v) is 5.46. The maximum Gasteiger partial charge on any atom is 0.168 e. The van der Waals surface area contributed by atoms with E-state index in [-0.39, 0.29) is 11.9 Å². The minimum Gasteiger partial charge on any atom is -0.347 e. The van der Waals surface area contributed by atoms with Gasteiger partial charge < -0.3 is 14.4 Å². The first-order chi connectivity index (χ1) is 18.6. The number of hydrogen-bond acceptors (Lipinski definition) is 3. The smallest absolute Gasteiger partial charge is 0.168 e. The number of allylic oxidation sites excluding steroid dienone is 4. The highest BCUT2D eigenvalue weighted by molar-refractivity contribution is 4.92. The predicted octanol–water partition coefficient (Wildman–Crippen LogP) is 10.8. The van der Waals surface area contributed by atoms with Gasteiger partial charge in [0.05, 0.1) is 12.7 Å². The molecule has 1 heterocycles. The highest BCUT2D eigenvalue weighted by atomic mass is 16.7. The fourth-order valence-electron chi connectivity index (χ4n) is 5.46. The zero-order valence-corrected chi connectivity index (χ0v) is 26.3. The Balaban J connectivity index is 2.17. The van der Waals surface area contributed by atoms with Crippen molar-refractivity contribution in [1.82, 2.24) is 4.90 Å². The maximum atomic E-state index is 6.62. The summed E-state index contributed by atoms with van der Waals surface area (Å²) < 4.78 is 13.0. The van der Waals surface area contributed by atoms with E-state index in [1.165, 1.54) is 122 Å². The Bertz CT molecular complexity index is 558. The third-order valence-corrected chi connectivity index (χ3v) is 7.98. The van der Waals surface area contributed by atoms with Gasteiger partial charge in [0.15, 0.2) is 5.79 Å². The van der Waals surface area contributed by atoms with Gasteiger partial charge in [0, 0.05) is 19.4 Å². The molecule has 0 aromatic heterocycles. The normalized spacial score (nSPS) is 20.1. The van der Waals surface area contributed by atoms with E-state index in [0.717, 1.165) is 38.8 Å². The highest BCUT2D eigenvalue weighted by Gasteiger charge is 2.40. The van der Waals surface area contributed by atoms with Crippen LogP contribution >= 0.6 is 0 Å². The Morgan fingerprint density at radius 1 is 0.632 bits per heavy atom. The van der Waals surface area contributed by atoms with E-state index in [1.807, 2.05) is 0 Å². The molecule has 0 bridgehead atoms. The topological polar surface area (TPSA) is 21.7 Å². The van der Waals surface area contributed by atoms with Gasteiger partial charge in [0.1, 0.15) is 0 Å². The molecule has 0 spiro atoms. The molecule has 3 heteroatoms. The van der Waals surface area contributed by atoms with Crippen LogP contribution in [0.15, 0.2) is 24.3 Å². The molecule has 1 saturated heterocycles. The minimum atomic E-state index is -0.297. The third kappa shape index (κ3) is 20.3. The molecule has 0 amide bonds. The molecule has 2 unspecified atom stereocenters. The Morgan fingerprint density at radius 2 is 1.11 bits per heavy atom. The van der Waals surface area contributed by atoms with Gasteiger partial charge in [-0.05, 0) is 65.5 Å². The molecule has 1 rings (SSSR count). The van der Waals surface area contributed by atoms with Crippen LogP contribution in [0, 0.1) is 0 Å². The molecule has 224 valence electrons. The van der Waals surface area contributed by atoms with Crippen LogP contribution in [0.4, 0.5) is 0 Å². The number of ether oxygens (including phenoxy) is 2. The van der Waals surface area contributed by atoms with Crippen molar-refractivity contribution in [2.75, 3.05) is 27.2 Å². The molecule has 0 aromatic rings. The van der Waals surface area contributed by atoms with Crippen molar-refractivity contribution in [3.8, 4) is 0 Å². The molecule has 1 fully saturated rings. The molecule has 2 atom stereocenters. The maximum absolute atomic E-state index is 6.62. The van der Waals surface area contributed by atoms with E-state index in [1.54, 1.807) is 0 Å². The van der Waals surface area contributed by atoms with Crippen LogP contribution in [-0.2, 0) is 9.47 Å². The first-order valence-corrected chi connectivity index (χ1v) is 16.9. The van der Waals surface area contributed by atoms with Gasteiger partial charge in [-0.15, -0.1) is 0 Å². The van der Waals surface area contributed by atoms with Crippen LogP contribution in [-0.4, -0.2) is 44.0 Å². The van der Waals surface area contributed by atoms with E-state index >= 15 is 0 Å². The molecule has 1 aliphatic heterocycles. The second-order valence-electron chi connectivity index (χ2n) is 12.1. The van der Waals surface area contributed by atoms with Gasteiger partial charge >= 0.3 is 0 Å². The minimum absolute atomic E-state index is 0.274. The summed E-state index contributed by atoms with van der Waals surface area (Å²) >= 11 is 0. The van der Waals surface area contributed by atoms with E-state index in [9.17, 15) is 0 Å². The van der Waals surface area contributed by atoms with E-state index in [4.69, 9.17) is 9.47 Å². The molecule has 0 aliphatic carbocycles. The number of unbranched alkanes of at least 4 members (excludes halogenated alkanes) is 16. The van der Waals surface area contributed by atoms with Crippen molar-refractivity contribution in [2.24, 2.45) is 0 Å². The van der Waals surface area contributed by atoms with Gasteiger partial charge in [-0.1, -0.05) is 122 Å². The van der Waals surface area contributed by atoms with Crippen LogP contribution in [0.1, 0.15) is 162 Å². The van der Waals surface area contributed by atoms with Crippen molar-refractivity contribution in [3.05, 3.63) is 24.3 Å². The monoisotopic (exact) mass is 534 g/mol. The van der Waals surface area contributed by atoms with Gasteiger partial charge in [-0.2, -0.15) is 0 Å². The molecule has 1 aliphatic rings. The summed E-state index contributed by atoms with van der Waals surface area (Å²) in [5.74, 6) is -0.297. The van der Waals surface area contributed by atoms with Crippen LogP contribution in [0.3, 0.4) is 0 Å². The van der Waals surface area contributed by atoms with Crippen LogP contribution < -0.4 is 0 Å². The van der Waals surface area contributed by atoms with Crippen molar-refractivity contribution in [3.63, 3.8) is 0 Å². The number of nitrogens with zero attached hydrogens (tertiary/aromatic N) is 1. The van der Waals surface area contributed by atoms with Gasteiger partial charge in [-0.3, -0.25) is 0 Å². The number of rotatable bonds is 27. The van der Waals surface area contributed by atoms with Crippen molar-refractivity contribution >= 4 is 0 Å². The Morgan fingerprint density at radius 3 is 1.66 bits per heavy atom. The van der Waals surface area contributed by atoms with E-state index in [2.05, 4.69) is 57.1 Å². The lowest BCUT2D eigenvalue weighted by Crippen LogP contribution is -2.31. The summed E-state index contributed by atoms with van der Waals surface area (Å²) in [6, 6.07) is 0. The van der Waals surface area contributed by atoms with E-state index in [0.29, 0.717) is 0 Å². The molecule has 0 N–H and O–H groups in total. The summed E-state index contributed by atoms with van der Waals surface area (Å²) in [6.07, 6.45) is 39.4. The van der Waals surface area contributed by atoms with E-state index < -0.39 is 0 Å². The van der Waals surface area contributed by atoms with Gasteiger partial charge in [-0.25, -0.2) is 0 Å². The predicted molar refractivity (Wildman–Crippen MR) is 168 cm³/mol. The zero-order chi connectivity index (χ0) is 27.6. The molecular weight excluding hydrogens is 466 g/mol. The van der Waals surface area contributed by atoms with Crippen molar-refractivity contribution in [2.45, 2.75) is 173 Å². The van der Waals surface area contributed by atoms with Gasteiger partial charge in [0.25, 0.3) is 0 Å². The standard InChI is InChI=1S/C35H67NO2/c1-5-7-9-11-13-15-16-17-18-19-20-21-22-24-26-28-31-35(30-27-25-23-14-12-10-8-6-2)37-33-34(38-35)29-32-36(3)4/h13,15,17-18,34H,5-12,14,16,19-33H2,1-4H3. The number of hydrogen-bond donors (Lipinski definition) is 0. The molecule has 0 saturated carbocycles. The molecule has 0 aromatic carbocycles. The molecule has 38 heavy (non-hydrogen) atoms. The van der Waals surface area contributed by atoms with Crippen LogP contribution in [0.5, 0.6) is 0 Å².